The normalized spacial score (nSPS) is 17.0. The minimum Gasteiger partial charge on any atom is -0.482 e. The molecule has 0 unspecified atom stereocenters. The first kappa shape index (κ1) is 18.0. The summed E-state index contributed by atoms with van der Waals surface area (Å²) in [5, 5.41) is 6.85. The van der Waals surface area contributed by atoms with Gasteiger partial charge in [-0.2, -0.15) is 0 Å². The number of ether oxygens (including phenoxy) is 1. The highest BCUT2D eigenvalue weighted by Gasteiger charge is 2.24. The number of hydrogen-bond acceptors (Lipinski definition) is 6. The van der Waals surface area contributed by atoms with Crippen molar-refractivity contribution >= 4 is 38.2 Å². The zero-order valence-electron chi connectivity index (χ0n) is 15.6. The summed E-state index contributed by atoms with van der Waals surface area (Å²) in [6.07, 6.45) is 1.57. The van der Waals surface area contributed by atoms with Gasteiger partial charge in [-0.1, -0.05) is 6.07 Å². The van der Waals surface area contributed by atoms with E-state index in [4.69, 9.17) is 4.74 Å². The van der Waals surface area contributed by atoms with Crippen molar-refractivity contribution in [1.82, 2.24) is 9.29 Å². The van der Waals surface area contributed by atoms with Crippen molar-refractivity contribution in [2.75, 3.05) is 43.0 Å². The van der Waals surface area contributed by atoms with E-state index in [1.807, 2.05) is 18.2 Å². The van der Waals surface area contributed by atoms with Crippen LogP contribution >= 0.6 is 0 Å². The molecule has 8 nitrogen and oxygen atoms in total. The van der Waals surface area contributed by atoms with Crippen molar-refractivity contribution in [3.63, 3.8) is 0 Å². The Labute approximate surface area is 168 Å². The van der Waals surface area contributed by atoms with Crippen LogP contribution in [0.1, 0.15) is 0 Å². The lowest BCUT2D eigenvalue weighted by Gasteiger charge is -2.29. The van der Waals surface area contributed by atoms with E-state index in [9.17, 15) is 13.2 Å². The molecule has 0 atom stereocenters. The first-order valence-corrected chi connectivity index (χ1v) is 10.9. The van der Waals surface area contributed by atoms with Gasteiger partial charge in [-0.25, -0.2) is 12.4 Å². The lowest BCUT2D eigenvalue weighted by molar-refractivity contribution is -0.118. The summed E-state index contributed by atoms with van der Waals surface area (Å²) in [6.45, 7) is 3.45. The van der Waals surface area contributed by atoms with Crippen molar-refractivity contribution in [3.8, 4) is 5.75 Å². The number of nitrogens with one attached hydrogen (secondary N) is 2. The Balaban J connectivity index is 1.56. The second-order valence-electron chi connectivity index (χ2n) is 7.09. The molecule has 0 spiro atoms. The Morgan fingerprint density at radius 3 is 2.66 bits per heavy atom. The number of carbonyl (C=O) groups excluding carboxylic acids is 1. The monoisotopic (exact) mass is 412 g/mol. The van der Waals surface area contributed by atoms with E-state index in [1.54, 1.807) is 18.3 Å². The van der Waals surface area contributed by atoms with E-state index in [0.717, 1.165) is 37.3 Å². The molecule has 3 aromatic rings. The topological polar surface area (TPSA) is 92.7 Å². The standard InChI is InChI=1S/C20H20N4O4S/c25-20-13-28-19-12-16(3-4-17(19)22-20)29(26,27)24-8-5-14-1-2-15(11-18(14)24)23-9-6-21-7-10-23/h1-5,8,11-12,21H,6-7,9-10,13H2,(H,22,25). The highest BCUT2D eigenvalue weighted by Crippen LogP contribution is 2.32. The zero-order chi connectivity index (χ0) is 20.0. The molecule has 3 heterocycles. The SMILES string of the molecule is O=C1COc2cc(S(=O)(=O)n3ccc4ccc(N5CCNCC5)cc43)ccc2N1. The highest BCUT2D eigenvalue weighted by molar-refractivity contribution is 7.90. The van der Waals surface area contributed by atoms with E-state index < -0.39 is 10.0 Å². The van der Waals surface area contributed by atoms with Gasteiger partial charge in [-0.3, -0.25) is 4.79 Å². The largest absolute Gasteiger partial charge is 0.482 e. The molecule has 29 heavy (non-hydrogen) atoms. The second kappa shape index (κ2) is 6.78. The number of benzene rings is 2. The second-order valence-corrected chi connectivity index (χ2v) is 8.91. The fourth-order valence-corrected chi connectivity index (χ4v) is 5.11. The molecule has 150 valence electrons. The van der Waals surface area contributed by atoms with E-state index in [2.05, 4.69) is 15.5 Å². The number of anilines is 2. The lowest BCUT2D eigenvalue weighted by Crippen LogP contribution is -2.43. The van der Waals surface area contributed by atoms with Crippen LogP contribution in [-0.2, 0) is 14.8 Å². The zero-order valence-corrected chi connectivity index (χ0v) is 16.4. The number of rotatable bonds is 3. The van der Waals surface area contributed by atoms with E-state index in [1.165, 1.54) is 16.1 Å². The van der Waals surface area contributed by atoms with Crippen LogP contribution in [0.15, 0.2) is 53.6 Å². The van der Waals surface area contributed by atoms with Crippen molar-refractivity contribution in [2.24, 2.45) is 0 Å². The van der Waals surface area contributed by atoms with Crippen LogP contribution in [0, 0.1) is 0 Å². The molecular formula is C20H20N4O4S. The fourth-order valence-electron chi connectivity index (χ4n) is 3.75. The number of amides is 1. The summed E-state index contributed by atoms with van der Waals surface area (Å²) in [5.74, 6) is 0.0913. The van der Waals surface area contributed by atoms with Crippen molar-refractivity contribution in [2.45, 2.75) is 4.90 Å². The maximum atomic E-state index is 13.3. The summed E-state index contributed by atoms with van der Waals surface area (Å²) in [7, 11) is -3.82. The van der Waals surface area contributed by atoms with Crippen molar-refractivity contribution in [3.05, 3.63) is 48.7 Å². The molecule has 1 amide bonds. The highest BCUT2D eigenvalue weighted by atomic mass is 32.2. The minimum absolute atomic E-state index is 0.109. The smallest absolute Gasteiger partial charge is 0.268 e. The third-order valence-corrected chi connectivity index (χ3v) is 6.95. The van der Waals surface area contributed by atoms with Crippen molar-refractivity contribution < 1.29 is 17.9 Å². The first-order valence-electron chi connectivity index (χ1n) is 9.41. The van der Waals surface area contributed by atoms with Gasteiger partial charge in [0.2, 0.25) is 0 Å². The van der Waals surface area contributed by atoms with Crippen LogP contribution < -0.4 is 20.3 Å². The number of fused-ring (bicyclic) bond motifs is 2. The Morgan fingerprint density at radius 2 is 1.83 bits per heavy atom. The predicted octanol–water partition coefficient (Wildman–Crippen LogP) is 1.62. The molecular weight excluding hydrogens is 392 g/mol. The molecule has 2 aromatic carbocycles. The number of piperazine rings is 1. The molecule has 1 fully saturated rings. The Hall–Kier alpha value is -3.04. The molecule has 1 aromatic heterocycles. The summed E-state index contributed by atoms with van der Waals surface area (Å²) in [5.41, 5.74) is 2.11. The molecule has 1 saturated heterocycles. The van der Waals surface area contributed by atoms with Crippen LogP contribution in [0.2, 0.25) is 0 Å². The van der Waals surface area contributed by atoms with Crippen molar-refractivity contribution in [1.29, 1.82) is 0 Å². The quantitative estimate of drug-likeness (QED) is 0.679. The van der Waals surface area contributed by atoms with Gasteiger partial charge in [0.25, 0.3) is 15.9 Å². The Kier molecular flexibility index (Phi) is 4.21. The maximum absolute atomic E-state index is 13.3. The average molecular weight is 412 g/mol. The number of carbonyl (C=O) groups is 1. The van der Waals surface area contributed by atoms with E-state index in [-0.39, 0.29) is 17.4 Å². The van der Waals surface area contributed by atoms with Gasteiger partial charge in [-0.05, 0) is 30.3 Å². The van der Waals surface area contributed by atoms with Gasteiger partial charge >= 0.3 is 0 Å². The lowest BCUT2D eigenvalue weighted by atomic mass is 10.2. The van der Waals surface area contributed by atoms with Gasteiger partial charge < -0.3 is 20.3 Å². The van der Waals surface area contributed by atoms with Crippen LogP contribution in [0.25, 0.3) is 10.9 Å². The van der Waals surface area contributed by atoms with Gasteiger partial charge in [0.15, 0.2) is 6.61 Å². The Bertz CT molecular complexity index is 1210. The van der Waals surface area contributed by atoms with Gasteiger partial charge in [-0.15, -0.1) is 0 Å². The van der Waals surface area contributed by atoms with Crippen LogP contribution in [0.4, 0.5) is 11.4 Å². The van der Waals surface area contributed by atoms with E-state index >= 15 is 0 Å². The molecule has 9 heteroatoms. The summed E-state index contributed by atoms with van der Waals surface area (Å²) in [4.78, 5) is 13.8. The van der Waals surface area contributed by atoms with Gasteiger partial charge in [0.1, 0.15) is 5.75 Å². The molecule has 5 rings (SSSR count). The number of nitrogens with zero attached hydrogens (tertiary/aromatic N) is 2. The maximum Gasteiger partial charge on any atom is 0.268 e. The van der Waals surface area contributed by atoms with Gasteiger partial charge in [0, 0.05) is 49.5 Å². The summed E-state index contributed by atoms with van der Waals surface area (Å²) in [6, 6.07) is 12.2. The fraction of sp³-hybridized carbons (Fsp3) is 0.250. The molecule has 2 N–H and O–H groups in total. The molecule has 2 aliphatic rings. The first-order chi connectivity index (χ1) is 14.0. The molecule has 0 saturated carbocycles. The number of hydrogen-bond donors (Lipinski definition) is 2. The summed E-state index contributed by atoms with van der Waals surface area (Å²) < 4.78 is 33.4. The predicted molar refractivity (Wildman–Crippen MR) is 110 cm³/mol. The minimum atomic E-state index is -3.82. The van der Waals surface area contributed by atoms with Gasteiger partial charge in [0.05, 0.1) is 16.1 Å². The number of aromatic nitrogens is 1. The molecule has 0 bridgehead atoms. The molecule has 2 aliphatic heterocycles. The Morgan fingerprint density at radius 1 is 1.00 bits per heavy atom. The molecule has 0 radical (unpaired) electrons. The van der Waals surface area contributed by atoms with Crippen LogP contribution in [-0.4, -0.2) is 51.1 Å². The molecule has 0 aliphatic carbocycles. The van der Waals surface area contributed by atoms with E-state index in [0.29, 0.717) is 17.0 Å². The van der Waals surface area contributed by atoms with Crippen LogP contribution in [0.3, 0.4) is 0 Å². The van der Waals surface area contributed by atoms with Crippen LogP contribution in [0.5, 0.6) is 5.75 Å². The average Bonchev–Trinajstić information content (AvgIpc) is 3.18. The third-order valence-electron chi connectivity index (χ3n) is 5.27. The summed E-state index contributed by atoms with van der Waals surface area (Å²) >= 11 is 0. The third kappa shape index (κ3) is 3.12.